The fourth-order valence-electron chi connectivity index (χ4n) is 3.32. The maximum atomic E-state index is 10.1. The molecule has 0 aromatic rings. The van der Waals surface area contributed by atoms with Gasteiger partial charge in [0, 0.05) is 0 Å². The van der Waals surface area contributed by atoms with Crippen LogP contribution in [-0.4, -0.2) is 10.7 Å². The van der Waals surface area contributed by atoms with Crippen molar-refractivity contribution >= 4 is 0 Å². The summed E-state index contributed by atoms with van der Waals surface area (Å²) in [4.78, 5) is 0. The van der Waals surface area contributed by atoms with Crippen LogP contribution in [-0.2, 0) is 0 Å². The Morgan fingerprint density at radius 3 is 2.83 bits per heavy atom. The maximum Gasteiger partial charge on any atom is 0.0863 e. The quantitative estimate of drug-likeness (QED) is 0.593. The lowest BCUT2D eigenvalue weighted by atomic mass is 9.47. The molecule has 2 saturated carbocycles. The van der Waals surface area contributed by atoms with Gasteiger partial charge in [0.15, 0.2) is 0 Å². The third-order valence-electron chi connectivity index (χ3n) is 3.98. The van der Waals surface area contributed by atoms with Gasteiger partial charge in [-0.1, -0.05) is 25.8 Å². The minimum atomic E-state index is -0.519. The lowest BCUT2D eigenvalue weighted by molar-refractivity contribution is -0.173. The van der Waals surface area contributed by atoms with Crippen LogP contribution in [0.2, 0.25) is 0 Å². The van der Waals surface area contributed by atoms with E-state index < -0.39 is 5.60 Å². The van der Waals surface area contributed by atoms with Crippen molar-refractivity contribution in [2.75, 3.05) is 0 Å². The molecular formula is C11H18O. The highest BCUT2D eigenvalue weighted by Crippen LogP contribution is 2.61. The first-order chi connectivity index (χ1) is 5.61. The van der Waals surface area contributed by atoms with Gasteiger partial charge in [-0.2, -0.15) is 0 Å². The second-order valence-corrected chi connectivity index (χ2v) is 4.82. The number of fused-ring (bicyclic) bond motifs is 1. The smallest absolute Gasteiger partial charge is 0.0863 e. The molecule has 2 aliphatic carbocycles. The minimum Gasteiger partial charge on any atom is -0.385 e. The predicted molar refractivity (Wildman–Crippen MR) is 49.8 cm³/mol. The topological polar surface area (TPSA) is 20.2 Å². The van der Waals surface area contributed by atoms with Gasteiger partial charge in [0.1, 0.15) is 0 Å². The molecule has 12 heavy (non-hydrogen) atoms. The van der Waals surface area contributed by atoms with E-state index in [1.807, 2.05) is 0 Å². The molecule has 1 N–H and O–H groups in total. The van der Waals surface area contributed by atoms with Crippen LogP contribution in [0.5, 0.6) is 0 Å². The van der Waals surface area contributed by atoms with Gasteiger partial charge in [0.05, 0.1) is 5.60 Å². The first kappa shape index (κ1) is 8.31. The molecule has 2 fully saturated rings. The summed E-state index contributed by atoms with van der Waals surface area (Å²) >= 11 is 0. The number of hydrogen-bond acceptors (Lipinski definition) is 1. The molecule has 2 rings (SSSR count). The Morgan fingerprint density at radius 1 is 1.50 bits per heavy atom. The van der Waals surface area contributed by atoms with Crippen molar-refractivity contribution in [2.45, 2.75) is 44.6 Å². The van der Waals surface area contributed by atoms with Gasteiger partial charge in [-0.05, 0) is 30.6 Å². The van der Waals surface area contributed by atoms with Crippen molar-refractivity contribution < 1.29 is 5.11 Å². The maximum absolute atomic E-state index is 10.1. The lowest BCUT2D eigenvalue weighted by Gasteiger charge is -2.60. The van der Waals surface area contributed by atoms with Crippen molar-refractivity contribution in [1.82, 2.24) is 0 Å². The van der Waals surface area contributed by atoms with Gasteiger partial charge >= 0.3 is 0 Å². The third kappa shape index (κ3) is 0.891. The zero-order chi connectivity index (χ0) is 8.82. The molecule has 0 aromatic heterocycles. The van der Waals surface area contributed by atoms with E-state index in [0.29, 0.717) is 11.3 Å². The van der Waals surface area contributed by atoms with Crippen LogP contribution in [0, 0.1) is 11.3 Å². The van der Waals surface area contributed by atoms with Crippen LogP contribution in [0.4, 0.5) is 0 Å². The summed E-state index contributed by atoms with van der Waals surface area (Å²) in [7, 11) is 0. The summed E-state index contributed by atoms with van der Waals surface area (Å²) in [5, 5.41) is 10.1. The molecular weight excluding hydrogens is 148 g/mol. The van der Waals surface area contributed by atoms with Crippen LogP contribution >= 0.6 is 0 Å². The first-order valence-electron chi connectivity index (χ1n) is 4.97. The zero-order valence-corrected chi connectivity index (χ0v) is 7.84. The normalized spacial score (nSPS) is 52.3. The summed E-state index contributed by atoms with van der Waals surface area (Å²) < 4.78 is 0. The highest BCUT2D eigenvalue weighted by molar-refractivity contribution is 5.17. The average molecular weight is 166 g/mol. The second-order valence-electron chi connectivity index (χ2n) is 4.82. The van der Waals surface area contributed by atoms with E-state index in [-0.39, 0.29) is 0 Å². The van der Waals surface area contributed by atoms with E-state index in [9.17, 15) is 5.11 Å². The Balaban J connectivity index is 2.16. The fraction of sp³-hybridized carbons (Fsp3) is 0.818. The molecule has 0 spiro atoms. The van der Waals surface area contributed by atoms with Gasteiger partial charge in [0.25, 0.3) is 0 Å². The predicted octanol–water partition coefficient (Wildman–Crippen LogP) is 2.50. The molecule has 2 aliphatic rings. The Kier molecular flexibility index (Phi) is 1.63. The Bertz CT molecular complexity index is 211. The van der Waals surface area contributed by atoms with Crippen molar-refractivity contribution in [2.24, 2.45) is 11.3 Å². The fourth-order valence-corrected chi connectivity index (χ4v) is 3.32. The molecule has 0 bridgehead atoms. The Morgan fingerprint density at radius 2 is 2.25 bits per heavy atom. The molecule has 0 aliphatic heterocycles. The minimum absolute atomic E-state index is 0.432. The van der Waals surface area contributed by atoms with Crippen LogP contribution in [0.3, 0.4) is 0 Å². The van der Waals surface area contributed by atoms with E-state index in [1.54, 1.807) is 6.08 Å². The number of hydrogen-bond donors (Lipinski definition) is 1. The van der Waals surface area contributed by atoms with Gasteiger partial charge in [-0.3, -0.25) is 0 Å². The number of rotatable bonds is 1. The molecule has 0 aromatic carbocycles. The van der Waals surface area contributed by atoms with Gasteiger partial charge in [0.2, 0.25) is 0 Å². The molecule has 0 saturated heterocycles. The van der Waals surface area contributed by atoms with Gasteiger partial charge in [-0.25, -0.2) is 0 Å². The van der Waals surface area contributed by atoms with E-state index in [2.05, 4.69) is 13.5 Å². The standard InChI is InChI=1S/C11H18O/c1-3-11(12)8-10(2)7-5-4-6-9(10)11/h3,9,12H,1,4-8H2,2H3. The summed E-state index contributed by atoms with van der Waals surface area (Å²) in [6, 6.07) is 0. The van der Waals surface area contributed by atoms with Gasteiger partial charge < -0.3 is 5.11 Å². The molecule has 0 heterocycles. The van der Waals surface area contributed by atoms with Crippen molar-refractivity contribution in [3.8, 4) is 0 Å². The van der Waals surface area contributed by atoms with Crippen molar-refractivity contribution in [3.05, 3.63) is 12.7 Å². The van der Waals surface area contributed by atoms with Gasteiger partial charge in [-0.15, -0.1) is 6.58 Å². The summed E-state index contributed by atoms with van der Waals surface area (Å²) in [6.45, 7) is 6.04. The van der Waals surface area contributed by atoms with Crippen LogP contribution < -0.4 is 0 Å². The van der Waals surface area contributed by atoms with Crippen molar-refractivity contribution in [3.63, 3.8) is 0 Å². The third-order valence-corrected chi connectivity index (χ3v) is 3.98. The monoisotopic (exact) mass is 166 g/mol. The Hall–Kier alpha value is -0.300. The highest BCUT2D eigenvalue weighted by Gasteiger charge is 2.58. The lowest BCUT2D eigenvalue weighted by Crippen LogP contribution is -2.60. The molecule has 0 radical (unpaired) electrons. The van der Waals surface area contributed by atoms with Crippen molar-refractivity contribution in [1.29, 1.82) is 0 Å². The average Bonchev–Trinajstić information content (AvgIpc) is 2.02. The SMILES string of the molecule is C=CC1(O)CC2(C)CCCCC12. The molecule has 1 nitrogen and oxygen atoms in total. The summed E-state index contributed by atoms with van der Waals surface area (Å²) in [6.07, 6.45) is 7.82. The molecule has 1 heteroatoms. The molecule has 0 amide bonds. The molecule has 3 unspecified atom stereocenters. The van der Waals surface area contributed by atoms with Crippen LogP contribution in [0.1, 0.15) is 39.0 Å². The van der Waals surface area contributed by atoms with E-state index in [4.69, 9.17) is 0 Å². The largest absolute Gasteiger partial charge is 0.385 e. The van der Waals surface area contributed by atoms with E-state index >= 15 is 0 Å². The van der Waals surface area contributed by atoms with E-state index in [1.165, 1.54) is 25.7 Å². The second kappa shape index (κ2) is 2.35. The summed E-state index contributed by atoms with van der Waals surface area (Å²) in [5.74, 6) is 0.497. The number of aliphatic hydroxyl groups is 1. The first-order valence-corrected chi connectivity index (χ1v) is 4.97. The van der Waals surface area contributed by atoms with Crippen LogP contribution in [0.15, 0.2) is 12.7 Å². The zero-order valence-electron chi connectivity index (χ0n) is 7.84. The van der Waals surface area contributed by atoms with Crippen LogP contribution in [0.25, 0.3) is 0 Å². The Labute approximate surface area is 74.5 Å². The molecule has 68 valence electrons. The molecule has 3 atom stereocenters. The van der Waals surface area contributed by atoms with E-state index in [0.717, 1.165) is 6.42 Å². The summed E-state index contributed by atoms with van der Waals surface area (Å²) in [5.41, 5.74) is -0.0869. The highest BCUT2D eigenvalue weighted by atomic mass is 16.3.